The normalized spacial score (nSPS) is 10.1. The van der Waals surface area contributed by atoms with Gasteiger partial charge in [0.15, 0.2) is 17.3 Å². The summed E-state index contributed by atoms with van der Waals surface area (Å²) in [5.41, 5.74) is 8.85. The molecule has 0 saturated carbocycles. The molecule has 0 radical (unpaired) electrons. The van der Waals surface area contributed by atoms with Crippen molar-refractivity contribution in [1.82, 2.24) is 4.98 Å². The lowest BCUT2D eigenvalue weighted by molar-refractivity contribution is 0.458. The number of nitrogens with two attached hydrogens (primary N) is 1. The number of rotatable bonds is 6. The fourth-order valence-corrected chi connectivity index (χ4v) is 3.97. The van der Waals surface area contributed by atoms with E-state index >= 15 is 0 Å². The number of anilines is 3. The average molecular weight is 513 g/mol. The Morgan fingerprint density at radius 2 is 1.83 bits per heavy atom. The fraction of sp³-hybridized carbons (Fsp3) is 0.0952. The predicted molar refractivity (Wildman–Crippen MR) is 120 cm³/mol. The quantitative estimate of drug-likeness (QED) is 0.357. The van der Waals surface area contributed by atoms with Crippen molar-refractivity contribution in [3.05, 3.63) is 74.5 Å². The molecule has 3 rings (SSSR count). The maximum atomic E-state index is 8.76. The van der Waals surface area contributed by atoms with Crippen LogP contribution in [0.2, 0.25) is 0 Å². The van der Waals surface area contributed by atoms with Crippen LogP contribution in [-0.4, -0.2) is 4.98 Å². The van der Waals surface area contributed by atoms with Gasteiger partial charge in [-0.05, 0) is 74.2 Å². The third-order valence-corrected chi connectivity index (χ3v) is 5.13. The Labute approximate surface area is 185 Å². The van der Waals surface area contributed by atoms with Gasteiger partial charge in [0, 0.05) is 18.2 Å². The third kappa shape index (κ3) is 5.26. The molecule has 29 heavy (non-hydrogen) atoms. The van der Waals surface area contributed by atoms with E-state index in [1.165, 1.54) is 0 Å². The molecule has 6 nitrogen and oxygen atoms in total. The lowest BCUT2D eigenvalue weighted by atomic mass is 10.1. The summed E-state index contributed by atoms with van der Waals surface area (Å²) in [7, 11) is 0. The Balaban J connectivity index is 1.83. The molecule has 1 heterocycles. The first-order valence-corrected chi connectivity index (χ1v) is 10.1. The number of nitrogen functional groups attached to an aromatic ring is 1. The second-order valence-corrected chi connectivity index (χ2v) is 7.73. The number of aromatic nitrogens is 1. The van der Waals surface area contributed by atoms with Crippen LogP contribution < -0.4 is 15.8 Å². The standard InChI is InChI=1S/C21H15Br2N5O/c1-26-14-4-6-15(7-5-14)27-21-18(25)8-9-19(28-21)29-20-16(22)11-13(3-2-10-24)12-17(20)23/h4-9,11-12H,2-3,25H2,(H,27,28). The van der Waals surface area contributed by atoms with Gasteiger partial charge < -0.3 is 15.8 Å². The number of ether oxygens (including phenoxy) is 1. The van der Waals surface area contributed by atoms with E-state index in [1.54, 1.807) is 36.4 Å². The molecule has 0 unspecified atom stereocenters. The second-order valence-electron chi connectivity index (χ2n) is 6.02. The molecule has 2 aromatic carbocycles. The lowest BCUT2D eigenvalue weighted by Crippen LogP contribution is -2.01. The molecule has 1 aromatic heterocycles. The number of halogens is 2. The molecule has 0 atom stereocenters. The van der Waals surface area contributed by atoms with Crippen LogP contribution in [0.1, 0.15) is 12.0 Å². The molecule has 0 bridgehead atoms. The van der Waals surface area contributed by atoms with Crippen LogP contribution in [-0.2, 0) is 6.42 Å². The second kappa shape index (κ2) is 9.42. The zero-order valence-corrected chi connectivity index (χ0v) is 18.3. The Bertz CT molecular complexity index is 1090. The molecule has 0 aliphatic rings. The predicted octanol–water partition coefficient (Wildman–Crippen LogP) is 6.73. The minimum absolute atomic E-state index is 0.366. The number of hydrogen-bond donors (Lipinski definition) is 2. The van der Waals surface area contributed by atoms with Crippen molar-refractivity contribution in [3.63, 3.8) is 0 Å². The molecular formula is C21H15Br2N5O. The van der Waals surface area contributed by atoms with E-state index < -0.39 is 0 Å². The van der Waals surface area contributed by atoms with Gasteiger partial charge in [-0.1, -0.05) is 12.1 Å². The highest BCUT2D eigenvalue weighted by atomic mass is 79.9. The van der Waals surface area contributed by atoms with Crippen LogP contribution in [0.4, 0.5) is 22.9 Å². The van der Waals surface area contributed by atoms with E-state index in [1.807, 2.05) is 12.1 Å². The molecule has 0 saturated heterocycles. The summed E-state index contributed by atoms with van der Waals surface area (Å²) in [5, 5.41) is 11.9. The van der Waals surface area contributed by atoms with Crippen molar-refractivity contribution < 1.29 is 4.74 Å². The highest BCUT2D eigenvalue weighted by Gasteiger charge is 2.12. The van der Waals surface area contributed by atoms with Crippen molar-refractivity contribution in [2.24, 2.45) is 0 Å². The molecule has 3 N–H and O–H groups in total. The van der Waals surface area contributed by atoms with Crippen molar-refractivity contribution in [1.29, 1.82) is 5.26 Å². The van der Waals surface area contributed by atoms with E-state index in [9.17, 15) is 0 Å². The van der Waals surface area contributed by atoms with E-state index in [4.69, 9.17) is 22.3 Å². The number of aryl methyl sites for hydroxylation is 1. The Kier molecular flexibility index (Phi) is 6.71. The first-order chi connectivity index (χ1) is 14.0. The minimum Gasteiger partial charge on any atom is -0.437 e. The van der Waals surface area contributed by atoms with Gasteiger partial charge >= 0.3 is 0 Å². The van der Waals surface area contributed by atoms with Crippen LogP contribution in [0.5, 0.6) is 11.6 Å². The van der Waals surface area contributed by atoms with Crippen molar-refractivity contribution in [2.45, 2.75) is 12.8 Å². The van der Waals surface area contributed by atoms with E-state index in [2.05, 4.69) is 53.1 Å². The monoisotopic (exact) mass is 511 g/mol. The Hall–Kier alpha value is -3.07. The van der Waals surface area contributed by atoms with E-state index in [0.29, 0.717) is 41.7 Å². The maximum absolute atomic E-state index is 8.76. The van der Waals surface area contributed by atoms with Crippen molar-refractivity contribution in [3.8, 4) is 17.7 Å². The first-order valence-electron chi connectivity index (χ1n) is 8.54. The van der Waals surface area contributed by atoms with Crippen LogP contribution in [0.3, 0.4) is 0 Å². The van der Waals surface area contributed by atoms with Gasteiger partial charge in [0.05, 0.1) is 27.3 Å². The van der Waals surface area contributed by atoms with Gasteiger partial charge in [-0.25, -0.2) is 4.85 Å². The Morgan fingerprint density at radius 1 is 1.14 bits per heavy atom. The molecule has 0 aliphatic carbocycles. The smallest absolute Gasteiger partial charge is 0.221 e. The van der Waals surface area contributed by atoms with Gasteiger partial charge in [-0.2, -0.15) is 10.2 Å². The van der Waals surface area contributed by atoms with Crippen LogP contribution in [0, 0.1) is 17.9 Å². The number of nitrogens with one attached hydrogen (secondary N) is 1. The number of nitrogens with zero attached hydrogens (tertiary/aromatic N) is 3. The molecule has 0 spiro atoms. The van der Waals surface area contributed by atoms with Crippen LogP contribution in [0.15, 0.2) is 57.5 Å². The summed E-state index contributed by atoms with van der Waals surface area (Å²) in [6, 6.07) is 16.4. The summed E-state index contributed by atoms with van der Waals surface area (Å²) < 4.78 is 7.47. The van der Waals surface area contributed by atoms with Gasteiger partial charge in [0.2, 0.25) is 5.88 Å². The summed E-state index contributed by atoms with van der Waals surface area (Å²) in [5.74, 6) is 1.40. The maximum Gasteiger partial charge on any atom is 0.221 e. The first kappa shape index (κ1) is 20.7. The molecule has 8 heteroatoms. The van der Waals surface area contributed by atoms with Crippen LogP contribution >= 0.6 is 31.9 Å². The number of nitriles is 1. The number of benzene rings is 2. The van der Waals surface area contributed by atoms with Crippen molar-refractivity contribution in [2.75, 3.05) is 11.1 Å². The summed E-state index contributed by atoms with van der Waals surface area (Å²) in [4.78, 5) is 7.83. The summed E-state index contributed by atoms with van der Waals surface area (Å²) >= 11 is 7.03. The van der Waals surface area contributed by atoms with E-state index in [0.717, 1.165) is 20.2 Å². The average Bonchev–Trinajstić information content (AvgIpc) is 2.72. The van der Waals surface area contributed by atoms with E-state index in [-0.39, 0.29) is 0 Å². The highest BCUT2D eigenvalue weighted by Crippen LogP contribution is 2.38. The van der Waals surface area contributed by atoms with Gasteiger partial charge in [-0.3, -0.25) is 0 Å². The highest BCUT2D eigenvalue weighted by molar-refractivity contribution is 9.11. The molecule has 144 valence electrons. The molecule has 0 fully saturated rings. The SMILES string of the molecule is [C-]#[N+]c1ccc(Nc2nc(Oc3c(Br)cc(CCC#N)cc3Br)ccc2N)cc1. The molecule has 0 amide bonds. The minimum atomic E-state index is 0.366. The Morgan fingerprint density at radius 3 is 2.45 bits per heavy atom. The lowest BCUT2D eigenvalue weighted by Gasteiger charge is -2.13. The topological polar surface area (TPSA) is 88.3 Å². The summed E-state index contributed by atoms with van der Waals surface area (Å²) in [6.07, 6.45) is 1.11. The third-order valence-electron chi connectivity index (χ3n) is 3.95. The summed E-state index contributed by atoms with van der Waals surface area (Å²) in [6.45, 7) is 7.02. The molecular weight excluding hydrogens is 498 g/mol. The van der Waals surface area contributed by atoms with Gasteiger partial charge in [0.25, 0.3) is 0 Å². The zero-order valence-electron chi connectivity index (χ0n) is 15.1. The number of hydrogen-bond acceptors (Lipinski definition) is 5. The molecule has 3 aromatic rings. The fourth-order valence-electron chi connectivity index (χ4n) is 2.52. The van der Waals surface area contributed by atoms with Gasteiger partial charge in [-0.15, -0.1) is 0 Å². The zero-order chi connectivity index (χ0) is 20.8. The molecule has 0 aliphatic heterocycles. The van der Waals surface area contributed by atoms with Crippen molar-refractivity contribution >= 4 is 54.7 Å². The number of pyridine rings is 1. The van der Waals surface area contributed by atoms with Gasteiger partial charge in [0.1, 0.15) is 0 Å². The van der Waals surface area contributed by atoms with Crippen LogP contribution in [0.25, 0.3) is 4.85 Å². The largest absolute Gasteiger partial charge is 0.437 e.